The van der Waals surface area contributed by atoms with Crippen molar-refractivity contribution in [1.29, 1.82) is 0 Å². The molecule has 0 saturated carbocycles. The molecule has 0 saturated heterocycles. The van der Waals surface area contributed by atoms with Gasteiger partial charge in [-0.3, -0.25) is 10.1 Å². The topological polar surface area (TPSA) is 69.4 Å². The third-order valence-corrected chi connectivity index (χ3v) is 1.59. The number of nitro groups is 1. The van der Waals surface area contributed by atoms with Gasteiger partial charge in [0.1, 0.15) is 5.75 Å². The fraction of sp³-hybridized carbons (Fsp3) is 0.222. The Bertz CT molecular complexity index is 374. The molecule has 0 aliphatic carbocycles. The van der Waals surface area contributed by atoms with Gasteiger partial charge in [0.15, 0.2) is 6.17 Å². The van der Waals surface area contributed by atoms with Crippen molar-refractivity contribution in [3.05, 3.63) is 34.4 Å². The van der Waals surface area contributed by atoms with Gasteiger partial charge in [-0.2, -0.15) is 0 Å². The molecule has 0 heterocycles. The Morgan fingerprint density at radius 1 is 1.47 bits per heavy atom. The first-order chi connectivity index (χ1) is 7.00. The molecule has 1 aromatic carbocycles. The van der Waals surface area contributed by atoms with Crippen molar-refractivity contribution in [2.75, 3.05) is 0 Å². The van der Waals surface area contributed by atoms with Crippen molar-refractivity contribution in [1.82, 2.24) is 0 Å². The van der Waals surface area contributed by atoms with Crippen LogP contribution in [0.3, 0.4) is 0 Å². The highest BCUT2D eigenvalue weighted by molar-refractivity contribution is 5.76. The maximum atomic E-state index is 12.4. The normalized spacial score (nSPS) is 11.9. The Hall–Kier alpha value is -1.98. The summed E-state index contributed by atoms with van der Waals surface area (Å²) in [7, 11) is 0. The van der Waals surface area contributed by atoms with Gasteiger partial charge in [-0.15, -0.1) is 0 Å². The molecule has 80 valence electrons. The van der Waals surface area contributed by atoms with E-state index < -0.39 is 17.1 Å². The predicted octanol–water partition coefficient (Wildman–Crippen LogP) is 1.86. The number of carbonyl (C=O) groups is 1. The van der Waals surface area contributed by atoms with E-state index in [4.69, 9.17) is 0 Å². The minimum absolute atomic E-state index is 0.0788. The van der Waals surface area contributed by atoms with Crippen molar-refractivity contribution < 1.29 is 18.8 Å². The van der Waals surface area contributed by atoms with Gasteiger partial charge in [0.2, 0.25) is 0 Å². The molecule has 1 aromatic rings. The highest BCUT2D eigenvalue weighted by atomic mass is 19.1. The average Bonchev–Trinajstić information content (AvgIpc) is 2.18. The van der Waals surface area contributed by atoms with Crippen LogP contribution in [0, 0.1) is 10.1 Å². The fourth-order valence-corrected chi connectivity index (χ4v) is 0.833. The van der Waals surface area contributed by atoms with Gasteiger partial charge >= 0.3 is 5.97 Å². The zero-order valence-electron chi connectivity index (χ0n) is 7.84. The van der Waals surface area contributed by atoms with Crippen LogP contribution in [0.5, 0.6) is 5.75 Å². The molecule has 5 nitrogen and oxygen atoms in total. The van der Waals surface area contributed by atoms with Crippen LogP contribution in [-0.2, 0) is 4.79 Å². The number of rotatable bonds is 3. The second-order valence-electron chi connectivity index (χ2n) is 2.79. The van der Waals surface area contributed by atoms with Crippen LogP contribution in [0.2, 0.25) is 0 Å². The molecule has 1 atom stereocenters. The monoisotopic (exact) mass is 213 g/mol. The van der Waals surface area contributed by atoms with E-state index in [0.717, 1.165) is 6.92 Å². The van der Waals surface area contributed by atoms with E-state index >= 15 is 0 Å². The highest BCUT2D eigenvalue weighted by Crippen LogP contribution is 2.17. The minimum Gasteiger partial charge on any atom is -0.424 e. The fourth-order valence-electron chi connectivity index (χ4n) is 0.833. The predicted molar refractivity (Wildman–Crippen MR) is 49.3 cm³/mol. The van der Waals surface area contributed by atoms with Gasteiger partial charge < -0.3 is 4.74 Å². The molecule has 0 spiro atoms. The second kappa shape index (κ2) is 4.50. The second-order valence-corrected chi connectivity index (χ2v) is 2.79. The number of nitro benzene ring substituents is 1. The SMILES string of the molecule is C[C@@H](F)C(=O)Oc1ccc([N+](=O)[O-])cc1. The lowest BCUT2D eigenvalue weighted by atomic mass is 10.3. The number of nitrogens with zero attached hydrogens (tertiary/aromatic N) is 1. The average molecular weight is 213 g/mol. The van der Waals surface area contributed by atoms with Gasteiger partial charge in [-0.25, -0.2) is 9.18 Å². The van der Waals surface area contributed by atoms with E-state index in [2.05, 4.69) is 4.74 Å². The first kappa shape index (κ1) is 11.1. The van der Waals surface area contributed by atoms with Crippen LogP contribution in [0.1, 0.15) is 6.92 Å². The molecule has 1 rings (SSSR count). The van der Waals surface area contributed by atoms with Crippen molar-refractivity contribution >= 4 is 11.7 Å². The number of halogens is 1. The molecule has 0 aliphatic heterocycles. The summed E-state index contributed by atoms with van der Waals surface area (Å²) in [5, 5.41) is 10.3. The Morgan fingerprint density at radius 2 is 2.00 bits per heavy atom. The summed E-state index contributed by atoms with van der Waals surface area (Å²) in [6.07, 6.45) is -1.72. The maximum absolute atomic E-state index is 12.4. The molecular formula is C9H8FNO4. The molecule has 0 unspecified atom stereocenters. The van der Waals surface area contributed by atoms with Gasteiger partial charge in [0, 0.05) is 12.1 Å². The number of benzene rings is 1. The lowest BCUT2D eigenvalue weighted by Crippen LogP contribution is -2.18. The summed E-state index contributed by atoms with van der Waals surface area (Å²) in [4.78, 5) is 20.5. The van der Waals surface area contributed by atoms with E-state index in [-0.39, 0.29) is 11.4 Å². The molecular weight excluding hydrogens is 205 g/mol. The van der Waals surface area contributed by atoms with E-state index in [1.165, 1.54) is 24.3 Å². The molecule has 15 heavy (non-hydrogen) atoms. The number of esters is 1. The van der Waals surface area contributed by atoms with E-state index in [1.807, 2.05) is 0 Å². The number of non-ortho nitro benzene ring substituents is 1. The van der Waals surface area contributed by atoms with E-state index in [1.54, 1.807) is 0 Å². The first-order valence-electron chi connectivity index (χ1n) is 4.11. The van der Waals surface area contributed by atoms with Crippen molar-refractivity contribution in [2.45, 2.75) is 13.1 Å². The number of hydrogen-bond acceptors (Lipinski definition) is 4. The maximum Gasteiger partial charge on any atom is 0.345 e. The Morgan fingerprint density at radius 3 is 2.40 bits per heavy atom. The summed E-state index contributed by atoms with van der Waals surface area (Å²) in [5.74, 6) is -0.945. The zero-order chi connectivity index (χ0) is 11.4. The summed E-state index contributed by atoms with van der Waals surface area (Å²) >= 11 is 0. The Balaban J connectivity index is 2.73. The lowest BCUT2D eigenvalue weighted by Gasteiger charge is -2.03. The Labute approximate surface area is 84.6 Å². The third-order valence-electron chi connectivity index (χ3n) is 1.59. The van der Waals surface area contributed by atoms with Crippen LogP contribution in [0.25, 0.3) is 0 Å². The van der Waals surface area contributed by atoms with Crippen LogP contribution < -0.4 is 4.74 Å². The van der Waals surface area contributed by atoms with Crippen LogP contribution in [0.15, 0.2) is 24.3 Å². The number of carbonyl (C=O) groups excluding carboxylic acids is 1. The first-order valence-corrected chi connectivity index (χ1v) is 4.11. The molecule has 0 fully saturated rings. The smallest absolute Gasteiger partial charge is 0.345 e. The van der Waals surface area contributed by atoms with Gasteiger partial charge in [-0.1, -0.05) is 0 Å². The summed E-state index contributed by atoms with van der Waals surface area (Å²) in [5.41, 5.74) is -0.122. The molecule has 6 heteroatoms. The highest BCUT2D eigenvalue weighted by Gasteiger charge is 2.14. The molecule has 0 radical (unpaired) electrons. The van der Waals surface area contributed by atoms with Crippen molar-refractivity contribution in [2.24, 2.45) is 0 Å². The molecule has 0 N–H and O–H groups in total. The number of alkyl halides is 1. The summed E-state index contributed by atoms with van der Waals surface area (Å²) in [6, 6.07) is 4.81. The molecule has 0 aliphatic rings. The zero-order valence-corrected chi connectivity index (χ0v) is 7.84. The van der Waals surface area contributed by atoms with E-state index in [0.29, 0.717) is 0 Å². The van der Waals surface area contributed by atoms with Crippen molar-refractivity contribution in [3.63, 3.8) is 0 Å². The summed E-state index contributed by atoms with van der Waals surface area (Å²) in [6.45, 7) is 1.05. The standard InChI is InChI=1S/C9H8FNO4/c1-6(10)9(12)15-8-4-2-7(3-5-8)11(13)14/h2-6H,1H3/t6-/m1/s1. The Kier molecular flexibility index (Phi) is 3.33. The minimum atomic E-state index is -1.72. The van der Waals surface area contributed by atoms with Gasteiger partial charge in [-0.05, 0) is 19.1 Å². The van der Waals surface area contributed by atoms with Gasteiger partial charge in [0.25, 0.3) is 5.69 Å². The molecule has 0 amide bonds. The quantitative estimate of drug-likeness (QED) is 0.332. The summed E-state index contributed by atoms with van der Waals surface area (Å²) < 4.78 is 17.0. The van der Waals surface area contributed by atoms with Crippen LogP contribution in [0.4, 0.5) is 10.1 Å². The van der Waals surface area contributed by atoms with Crippen LogP contribution in [-0.4, -0.2) is 17.1 Å². The molecule has 0 bridgehead atoms. The largest absolute Gasteiger partial charge is 0.424 e. The van der Waals surface area contributed by atoms with Gasteiger partial charge in [0.05, 0.1) is 4.92 Å². The third kappa shape index (κ3) is 3.01. The van der Waals surface area contributed by atoms with Crippen LogP contribution >= 0.6 is 0 Å². The lowest BCUT2D eigenvalue weighted by molar-refractivity contribution is -0.384. The number of hydrogen-bond donors (Lipinski definition) is 0. The number of ether oxygens (including phenoxy) is 1. The molecule has 0 aromatic heterocycles. The van der Waals surface area contributed by atoms with Crippen molar-refractivity contribution in [3.8, 4) is 5.75 Å². The van der Waals surface area contributed by atoms with E-state index in [9.17, 15) is 19.3 Å².